The van der Waals surface area contributed by atoms with Gasteiger partial charge in [0.25, 0.3) is 5.91 Å². The molecule has 4 rings (SSSR count). The highest BCUT2D eigenvalue weighted by Crippen LogP contribution is 2.29. The van der Waals surface area contributed by atoms with Gasteiger partial charge in [0.15, 0.2) is 0 Å². The Kier molecular flexibility index (Phi) is 5.00. The first-order chi connectivity index (χ1) is 13.0. The number of halogens is 1. The molecule has 1 aliphatic heterocycles. The largest absolute Gasteiger partial charge is 0.339 e. The number of rotatable bonds is 2. The van der Waals surface area contributed by atoms with Crippen LogP contribution in [0.15, 0.2) is 53.0 Å². The monoisotopic (exact) mass is 422 g/mol. The van der Waals surface area contributed by atoms with Crippen LogP contribution in [-0.4, -0.2) is 28.9 Å². The molecule has 0 N–H and O–H groups in total. The highest BCUT2D eigenvalue weighted by Gasteiger charge is 2.24. The summed E-state index contributed by atoms with van der Waals surface area (Å²) in [7, 11) is 0. The van der Waals surface area contributed by atoms with E-state index in [0.29, 0.717) is 5.92 Å². The van der Waals surface area contributed by atoms with Gasteiger partial charge >= 0.3 is 0 Å². The zero-order chi connectivity index (χ0) is 19.0. The van der Waals surface area contributed by atoms with Crippen molar-refractivity contribution in [3.05, 3.63) is 64.1 Å². The molecule has 1 saturated heterocycles. The summed E-state index contributed by atoms with van der Waals surface area (Å²) in [5, 5.41) is 0.907. The molecule has 1 aromatic heterocycles. The first-order valence-electron chi connectivity index (χ1n) is 9.48. The van der Waals surface area contributed by atoms with Crippen molar-refractivity contribution in [3.8, 4) is 11.3 Å². The van der Waals surface area contributed by atoms with Crippen LogP contribution in [0.5, 0.6) is 0 Å². The fraction of sp³-hybridized carbons (Fsp3) is 0.304. The van der Waals surface area contributed by atoms with Gasteiger partial charge in [-0.2, -0.15) is 0 Å². The lowest BCUT2D eigenvalue weighted by atomic mass is 9.97. The molecule has 0 atom stereocenters. The molecule has 3 aromatic rings. The Balaban J connectivity index is 1.84. The fourth-order valence-corrected chi connectivity index (χ4v) is 4.07. The molecule has 4 heteroatoms. The van der Waals surface area contributed by atoms with Crippen LogP contribution in [0.4, 0.5) is 0 Å². The highest BCUT2D eigenvalue weighted by atomic mass is 79.9. The second kappa shape index (κ2) is 7.43. The Hall–Kier alpha value is -2.20. The molecule has 0 bridgehead atoms. The van der Waals surface area contributed by atoms with E-state index in [1.54, 1.807) is 0 Å². The van der Waals surface area contributed by atoms with Crippen molar-refractivity contribution < 1.29 is 4.79 Å². The number of fused-ring (bicyclic) bond motifs is 1. The van der Waals surface area contributed by atoms with E-state index in [1.165, 1.54) is 5.56 Å². The topological polar surface area (TPSA) is 33.2 Å². The molecule has 3 nitrogen and oxygen atoms in total. The maximum absolute atomic E-state index is 13.4. The summed E-state index contributed by atoms with van der Waals surface area (Å²) in [6.07, 6.45) is 2.15. The smallest absolute Gasteiger partial charge is 0.254 e. The normalized spacial score (nSPS) is 15.3. The third-order valence-electron chi connectivity index (χ3n) is 5.39. The van der Waals surface area contributed by atoms with Crippen LogP contribution >= 0.6 is 15.9 Å². The van der Waals surface area contributed by atoms with Gasteiger partial charge in [0, 0.05) is 28.5 Å². The van der Waals surface area contributed by atoms with E-state index in [4.69, 9.17) is 4.98 Å². The summed E-state index contributed by atoms with van der Waals surface area (Å²) in [5.41, 5.74) is 4.67. The predicted molar refractivity (Wildman–Crippen MR) is 114 cm³/mol. The Morgan fingerprint density at radius 2 is 1.89 bits per heavy atom. The van der Waals surface area contributed by atoms with E-state index >= 15 is 0 Å². The minimum Gasteiger partial charge on any atom is -0.339 e. The van der Waals surface area contributed by atoms with Gasteiger partial charge in [-0.1, -0.05) is 46.6 Å². The number of amides is 1. The summed E-state index contributed by atoms with van der Waals surface area (Å²) in [4.78, 5) is 20.2. The summed E-state index contributed by atoms with van der Waals surface area (Å²) < 4.78 is 0.960. The molecule has 138 valence electrons. The van der Waals surface area contributed by atoms with E-state index in [2.05, 4.69) is 48.0 Å². The van der Waals surface area contributed by atoms with E-state index in [0.717, 1.165) is 58.1 Å². The average Bonchev–Trinajstić information content (AvgIpc) is 2.67. The lowest BCUT2D eigenvalue weighted by molar-refractivity contribution is 0.0699. The van der Waals surface area contributed by atoms with Gasteiger partial charge in [0.05, 0.1) is 16.8 Å². The summed E-state index contributed by atoms with van der Waals surface area (Å²) in [6.45, 7) is 5.99. The standard InChI is InChI=1S/C23H23BrN2O/c1-15-8-10-26(11-9-15)23(27)20-14-22(17-5-3-4-16(2)12-17)25-21-7-6-18(24)13-19(20)21/h3-7,12-15H,8-11H2,1-2H3. The van der Waals surface area contributed by atoms with E-state index in [1.807, 2.05) is 35.2 Å². The zero-order valence-corrected chi connectivity index (χ0v) is 17.3. The number of carbonyl (C=O) groups is 1. The zero-order valence-electron chi connectivity index (χ0n) is 15.7. The Labute approximate surface area is 168 Å². The molecule has 0 spiro atoms. The van der Waals surface area contributed by atoms with Crippen LogP contribution in [0, 0.1) is 12.8 Å². The van der Waals surface area contributed by atoms with Crippen LogP contribution in [-0.2, 0) is 0 Å². The van der Waals surface area contributed by atoms with Crippen molar-refractivity contribution in [2.24, 2.45) is 5.92 Å². The van der Waals surface area contributed by atoms with Gasteiger partial charge in [-0.3, -0.25) is 4.79 Å². The molecule has 1 amide bonds. The van der Waals surface area contributed by atoms with Crippen molar-refractivity contribution in [3.63, 3.8) is 0 Å². The van der Waals surface area contributed by atoms with Gasteiger partial charge in [-0.15, -0.1) is 0 Å². The highest BCUT2D eigenvalue weighted by molar-refractivity contribution is 9.10. The molecule has 0 aliphatic carbocycles. The second-order valence-electron chi connectivity index (χ2n) is 7.56. The van der Waals surface area contributed by atoms with Gasteiger partial charge < -0.3 is 4.90 Å². The van der Waals surface area contributed by atoms with E-state index in [-0.39, 0.29) is 5.91 Å². The van der Waals surface area contributed by atoms with Gasteiger partial charge in [0.1, 0.15) is 0 Å². The molecular formula is C23H23BrN2O. The summed E-state index contributed by atoms with van der Waals surface area (Å²) in [5.74, 6) is 0.807. The SMILES string of the molecule is Cc1cccc(-c2cc(C(=O)N3CCC(C)CC3)c3cc(Br)ccc3n2)c1. The Bertz CT molecular complexity index is 1010. The number of likely N-dealkylation sites (tertiary alicyclic amines) is 1. The average molecular weight is 423 g/mol. The number of hydrogen-bond acceptors (Lipinski definition) is 2. The van der Waals surface area contributed by atoms with E-state index < -0.39 is 0 Å². The molecule has 0 radical (unpaired) electrons. The Morgan fingerprint density at radius 3 is 2.63 bits per heavy atom. The van der Waals surface area contributed by atoms with Crippen molar-refractivity contribution in [2.75, 3.05) is 13.1 Å². The Morgan fingerprint density at radius 1 is 1.11 bits per heavy atom. The van der Waals surface area contributed by atoms with Crippen molar-refractivity contribution in [1.82, 2.24) is 9.88 Å². The molecule has 2 heterocycles. The molecule has 0 unspecified atom stereocenters. The molecule has 0 saturated carbocycles. The molecule has 2 aromatic carbocycles. The minimum atomic E-state index is 0.112. The minimum absolute atomic E-state index is 0.112. The lowest BCUT2D eigenvalue weighted by Crippen LogP contribution is -2.38. The van der Waals surface area contributed by atoms with Gasteiger partial charge in [0.2, 0.25) is 0 Å². The van der Waals surface area contributed by atoms with Crippen molar-refractivity contribution in [2.45, 2.75) is 26.7 Å². The number of piperidine rings is 1. The van der Waals surface area contributed by atoms with Crippen LogP contribution in [0.1, 0.15) is 35.7 Å². The number of carbonyl (C=O) groups excluding carboxylic acids is 1. The molecule has 1 fully saturated rings. The molecular weight excluding hydrogens is 400 g/mol. The van der Waals surface area contributed by atoms with Crippen LogP contribution in [0.25, 0.3) is 22.2 Å². The van der Waals surface area contributed by atoms with Gasteiger partial charge in [-0.05, 0) is 56.0 Å². The third-order valence-corrected chi connectivity index (χ3v) is 5.88. The predicted octanol–water partition coefficient (Wildman–Crippen LogP) is 5.84. The number of benzene rings is 2. The lowest BCUT2D eigenvalue weighted by Gasteiger charge is -2.30. The first kappa shape index (κ1) is 18.2. The second-order valence-corrected chi connectivity index (χ2v) is 8.48. The van der Waals surface area contributed by atoms with Crippen LogP contribution in [0.3, 0.4) is 0 Å². The molecule has 27 heavy (non-hydrogen) atoms. The number of hydrogen-bond donors (Lipinski definition) is 0. The van der Waals surface area contributed by atoms with Crippen LogP contribution in [0.2, 0.25) is 0 Å². The number of pyridine rings is 1. The fourth-order valence-electron chi connectivity index (χ4n) is 3.71. The number of aryl methyl sites for hydroxylation is 1. The number of aromatic nitrogens is 1. The van der Waals surface area contributed by atoms with Gasteiger partial charge in [-0.25, -0.2) is 4.98 Å². The quantitative estimate of drug-likeness (QED) is 0.519. The van der Waals surface area contributed by atoms with Crippen LogP contribution < -0.4 is 0 Å². The van der Waals surface area contributed by atoms with E-state index in [9.17, 15) is 4.79 Å². The maximum Gasteiger partial charge on any atom is 0.254 e. The first-order valence-corrected chi connectivity index (χ1v) is 10.3. The van der Waals surface area contributed by atoms with Crippen molar-refractivity contribution >= 4 is 32.7 Å². The number of nitrogens with zero attached hydrogens (tertiary/aromatic N) is 2. The maximum atomic E-state index is 13.4. The summed E-state index contributed by atoms with van der Waals surface area (Å²) >= 11 is 3.54. The third kappa shape index (κ3) is 3.77. The molecule has 1 aliphatic rings. The summed E-state index contributed by atoms with van der Waals surface area (Å²) in [6, 6.07) is 16.2. The van der Waals surface area contributed by atoms with Crippen molar-refractivity contribution in [1.29, 1.82) is 0 Å².